The van der Waals surface area contributed by atoms with Gasteiger partial charge in [-0.2, -0.15) is 0 Å². The number of carboxylic acids is 1. The summed E-state index contributed by atoms with van der Waals surface area (Å²) < 4.78 is 5.41. The average Bonchev–Trinajstić information content (AvgIpc) is 2.83. The van der Waals surface area contributed by atoms with E-state index < -0.39 is 5.97 Å². The van der Waals surface area contributed by atoms with Crippen LogP contribution in [0.25, 0.3) is 0 Å². The largest absolute Gasteiger partial charge is 0.496 e. The number of ether oxygens (including phenoxy) is 1. The van der Waals surface area contributed by atoms with Gasteiger partial charge >= 0.3 is 5.97 Å². The second-order valence-electron chi connectivity index (χ2n) is 5.60. The first-order valence-corrected chi connectivity index (χ1v) is 7.74. The molecule has 2 heterocycles. The van der Waals surface area contributed by atoms with Crippen molar-refractivity contribution in [3.63, 3.8) is 0 Å². The second kappa shape index (κ2) is 6.70. The molecule has 3 rings (SSSR count). The minimum Gasteiger partial charge on any atom is -0.496 e. The van der Waals surface area contributed by atoms with Crippen LogP contribution in [0.1, 0.15) is 32.1 Å². The highest BCUT2D eigenvalue weighted by Gasteiger charge is 2.22. The van der Waals surface area contributed by atoms with Crippen molar-refractivity contribution >= 4 is 11.9 Å². The predicted octanol–water partition coefficient (Wildman–Crippen LogP) is 2.03. The molecule has 24 heavy (non-hydrogen) atoms. The van der Waals surface area contributed by atoms with Crippen LogP contribution in [0.2, 0.25) is 0 Å². The van der Waals surface area contributed by atoms with Gasteiger partial charge in [0.15, 0.2) is 0 Å². The van der Waals surface area contributed by atoms with Gasteiger partial charge in [-0.3, -0.25) is 4.79 Å². The van der Waals surface area contributed by atoms with Crippen LogP contribution in [0.5, 0.6) is 5.75 Å². The van der Waals surface area contributed by atoms with Gasteiger partial charge in [0.05, 0.1) is 7.11 Å². The van der Waals surface area contributed by atoms with Crippen molar-refractivity contribution in [2.24, 2.45) is 0 Å². The number of benzene rings is 1. The number of aromatic carboxylic acids is 1. The lowest BCUT2D eigenvalue weighted by molar-refractivity contribution is 0.0690. The van der Waals surface area contributed by atoms with Crippen LogP contribution in [0.4, 0.5) is 0 Å². The van der Waals surface area contributed by atoms with Crippen LogP contribution in [0.3, 0.4) is 0 Å². The van der Waals surface area contributed by atoms with E-state index in [1.807, 2.05) is 12.1 Å². The number of hydrogen-bond donors (Lipinski definition) is 1. The van der Waals surface area contributed by atoms with E-state index in [-0.39, 0.29) is 17.3 Å². The molecule has 1 aromatic carbocycles. The lowest BCUT2D eigenvalue weighted by atomic mass is 10.0. The fourth-order valence-corrected chi connectivity index (χ4v) is 2.97. The summed E-state index contributed by atoms with van der Waals surface area (Å²) in [6.45, 7) is 1.11. The van der Waals surface area contributed by atoms with Gasteiger partial charge in [-0.15, -0.1) is 0 Å². The number of nitrogens with zero attached hydrogens (tertiary/aromatic N) is 2. The number of amides is 1. The fourth-order valence-electron chi connectivity index (χ4n) is 2.97. The topological polar surface area (TPSA) is 79.7 Å². The average molecular weight is 326 g/mol. The highest BCUT2D eigenvalue weighted by atomic mass is 16.5. The van der Waals surface area contributed by atoms with Crippen molar-refractivity contribution in [3.05, 3.63) is 58.9 Å². The Morgan fingerprint density at radius 3 is 2.54 bits per heavy atom. The van der Waals surface area contributed by atoms with Crippen molar-refractivity contribution in [3.8, 4) is 5.75 Å². The Morgan fingerprint density at radius 1 is 1.08 bits per heavy atom. The molecule has 1 aliphatic heterocycles. The highest BCUT2D eigenvalue weighted by Crippen LogP contribution is 2.26. The van der Waals surface area contributed by atoms with Gasteiger partial charge in [-0.05, 0) is 42.2 Å². The third-order valence-corrected chi connectivity index (χ3v) is 4.21. The van der Waals surface area contributed by atoms with Gasteiger partial charge in [0.2, 0.25) is 0 Å². The maximum absolute atomic E-state index is 12.7. The first-order chi connectivity index (χ1) is 11.6. The Labute approximate surface area is 139 Å². The number of fused-ring (bicyclic) bond motifs is 1. The highest BCUT2D eigenvalue weighted by molar-refractivity contribution is 5.94. The van der Waals surface area contributed by atoms with Crippen molar-refractivity contribution < 1.29 is 19.4 Å². The third-order valence-electron chi connectivity index (χ3n) is 4.21. The van der Waals surface area contributed by atoms with Crippen LogP contribution in [0, 0.1) is 0 Å². The molecular formula is C18H18N2O4. The molecule has 0 saturated carbocycles. The molecule has 1 amide bonds. The zero-order chi connectivity index (χ0) is 17.1. The van der Waals surface area contributed by atoms with E-state index in [0.717, 1.165) is 17.7 Å². The molecule has 0 saturated heterocycles. The molecule has 6 nitrogen and oxygen atoms in total. The summed E-state index contributed by atoms with van der Waals surface area (Å²) in [5.41, 5.74) is 2.34. The Bertz CT molecular complexity index is 788. The van der Waals surface area contributed by atoms with Crippen LogP contribution >= 0.6 is 0 Å². The van der Waals surface area contributed by atoms with Crippen LogP contribution < -0.4 is 4.74 Å². The SMILES string of the molecule is COc1cccc2c1CCN(C(=O)c1cccc(C(=O)O)n1)CC2. The smallest absolute Gasteiger partial charge is 0.354 e. The predicted molar refractivity (Wildman–Crippen MR) is 87.5 cm³/mol. The number of hydrogen-bond acceptors (Lipinski definition) is 4. The Kier molecular flexibility index (Phi) is 4.46. The van der Waals surface area contributed by atoms with Gasteiger partial charge in [-0.25, -0.2) is 9.78 Å². The lowest BCUT2D eigenvalue weighted by Gasteiger charge is -2.19. The number of aromatic nitrogens is 1. The van der Waals surface area contributed by atoms with E-state index in [0.29, 0.717) is 19.5 Å². The molecule has 6 heteroatoms. The summed E-state index contributed by atoms with van der Waals surface area (Å²) in [5.74, 6) is -0.546. The molecule has 0 bridgehead atoms. The first kappa shape index (κ1) is 16.0. The normalized spacial score (nSPS) is 13.8. The van der Waals surface area contributed by atoms with E-state index in [9.17, 15) is 9.59 Å². The van der Waals surface area contributed by atoms with Crippen LogP contribution in [-0.4, -0.2) is 47.1 Å². The summed E-state index contributed by atoms with van der Waals surface area (Å²) >= 11 is 0. The van der Waals surface area contributed by atoms with E-state index in [1.54, 1.807) is 24.1 Å². The standard InChI is InChI=1S/C18H18N2O4/c1-24-16-7-2-4-12-8-10-20(11-9-13(12)16)17(21)14-5-3-6-15(19-14)18(22)23/h2-7H,8-11H2,1H3,(H,22,23). The quantitative estimate of drug-likeness (QED) is 0.933. The number of pyridine rings is 1. The number of carbonyl (C=O) groups excluding carboxylic acids is 1. The lowest BCUT2D eigenvalue weighted by Crippen LogP contribution is -2.34. The molecule has 1 N–H and O–H groups in total. The van der Waals surface area contributed by atoms with E-state index in [1.165, 1.54) is 11.6 Å². The zero-order valence-electron chi connectivity index (χ0n) is 13.4. The van der Waals surface area contributed by atoms with Gasteiger partial charge < -0.3 is 14.7 Å². The molecule has 0 aliphatic carbocycles. The summed E-state index contributed by atoms with van der Waals surface area (Å²) in [6, 6.07) is 10.4. The maximum Gasteiger partial charge on any atom is 0.354 e. The van der Waals surface area contributed by atoms with Crippen LogP contribution in [0.15, 0.2) is 36.4 Å². The van der Waals surface area contributed by atoms with Crippen LogP contribution in [-0.2, 0) is 12.8 Å². The number of carbonyl (C=O) groups is 2. The second-order valence-corrected chi connectivity index (χ2v) is 5.60. The third kappa shape index (κ3) is 3.08. The Balaban J connectivity index is 1.81. The first-order valence-electron chi connectivity index (χ1n) is 7.74. The molecule has 0 radical (unpaired) electrons. The molecule has 2 aromatic rings. The molecule has 0 spiro atoms. The Hall–Kier alpha value is -2.89. The number of carboxylic acid groups (broad SMARTS) is 1. The van der Waals surface area contributed by atoms with E-state index >= 15 is 0 Å². The number of methoxy groups -OCH3 is 1. The zero-order valence-corrected chi connectivity index (χ0v) is 13.4. The molecule has 0 atom stereocenters. The van der Waals surface area contributed by atoms with Gasteiger partial charge in [0, 0.05) is 13.1 Å². The molecule has 1 aromatic heterocycles. The summed E-state index contributed by atoms with van der Waals surface area (Å²) in [7, 11) is 1.64. The van der Waals surface area contributed by atoms with E-state index in [2.05, 4.69) is 11.1 Å². The van der Waals surface area contributed by atoms with Crippen molar-refractivity contribution in [2.45, 2.75) is 12.8 Å². The minimum atomic E-state index is -1.14. The molecule has 1 aliphatic rings. The van der Waals surface area contributed by atoms with Crippen molar-refractivity contribution in [1.29, 1.82) is 0 Å². The molecule has 0 fully saturated rings. The minimum absolute atomic E-state index is 0.124. The fraction of sp³-hybridized carbons (Fsp3) is 0.278. The summed E-state index contributed by atoms with van der Waals surface area (Å²) in [4.78, 5) is 29.4. The summed E-state index contributed by atoms with van der Waals surface area (Å²) in [5, 5.41) is 9.02. The van der Waals surface area contributed by atoms with Crippen molar-refractivity contribution in [1.82, 2.24) is 9.88 Å². The van der Waals surface area contributed by atoms with Gasteiger partial charge in [0.25, 0.3) is 5.91 Å². The molecule has 0 unspecified atom stereocenters. The van der Waals surface area contributed by atoms with E-state index in [4.69, 9.17) is 9.84 Å². The monoisotopic (exact) mass is 326 g/mol. The molecule has 124 valence electrons. The number of rotatable bonds is 3. The summed E-state index contributed by atoms with van der Waals surface area (Å²) in [6.07, 6.45) is 1.43. The van der Waals surface area contributed by atoms with Gasteiger partial charge in [0.1, 0.15) is 17.1 Å². The Morgan fingerprint density at radius 2 is 1.79 bits per heavy atom. The molecular weight excluding hydrogens is 308 g/mol. The van der Waals surface area contributed by atoms with Gasteiger partial charge in [-0.1, -0.05) is 18.2 Å². The maximum atomic E-state index is 12.7. The van der Waals surface area contributed by atoms with Crippen molar-refractivity contribution in [2.75, 3.05) is 20.2 Å².